The summed E-state index contributed by atoms with van der Waals surface area (Å²) in [5.74, 6) is -4.37. The number of carboxylic acid groups (broad SMARTS) is 2. The van der Waals surface area contributed by atoms with Crippen LogP contribution in [0.1, 0.15) is 0 Å². The Hall–Kier alpha value is -0.931. The molecule has 0 aliphatic rings. The van der Waals surface area contributed by atoms with Gasteiger partial charge in [0.05, 0.1) is 11.9 Å². The van der Waals surface area contributed by atoms with Gasteiger partial charge in [-0.15, -0.1) is 0 Å². The van der Waals surface area contributed by atoms with Gasteiger partial charge in [-0.05, 0) is 0 Å². The van der Waals surface area contributed by atoms with Crippen LogP contribution in [0.4, 0.5) is 0 Å². The molecule has 0 heterocycles. The van der Waals surface area contributed by atoms with Crippen LogP contribution in [0, 0.1) is 0 Å². The Morgan fingerprint density at radius 3 is 1.12 bits per heavy atom. The van der Waals surface area contributed by atoms with Gasteiger partial charge in [0.2, 0.25) is 0 Å². The van der Waals surface area contributed by atoms with Crippen LogP contribution >= 0.6 is 0 Å². The minimum Gasteiger partial charge on any atom is -0.543 e. The van der Waals surface area contributed by atoms with Crippen LogP contribution in [0.2, 0.25) is 0 Å². The maximum Gasteiger partial charge on any atom is 2.00 e. The second-order valence-corrected chi connectivity index (χ2v) is 0.575. The zero-order valence-electron chi connectivity index (χ0n) is 3.84. The smallest absolute Gasteiger partial charge is 0.543 e. The van der Waals surface area contributed by atoms with Crippen molar-refractivity contribution >= 4 is 22.1 Å². The number of hydrogen-bond acceptors (Lipinski definition) is 4. The van der Waals surface area contributed by atoms with Crippen LogP contribution < -0.4 is 10.2 Å². The molecule has 0 bridgehead atoms. The molecule has 0 spiro atoms. The molecule has 0 saturated carbocycles. The van der Waals surface area contributed by atoms with Gasteiger partial charge in [0.1, 0.15) is 0 Å². The predicted octanol–water partition coefficient (Wildman–Crippen LogP) is -4.72. The summed E-state index contributed by atoms with van der Waals surface area (Å²) < 4.78 is 0. The Morgan fingerprint density at radius 1 is 1.00 bits per heavy atom. The average Bonchev–Trinajstić information content (AvgIpc) is 1.36. The van der Waals surface area contributed by atoms with Gasteiger partial charge < -0.3 is 25.3 Å². The summed E-state index contributed by atoms with van der Waals surface area (Å²) in [6.07, 6.45) is 0. The number of carbonyl (C=O) groups excluding carboxylic acids is 2. The molecular weight excluding hydrogens is 113 g/mol. The third kappa shape index (κ3) is 8.91. The van der Waals surface area contributed by atoms with E-state index in [1.807, 2.05) is 0 Å². The molecule has 0 atom stereocenters. The molecule has 0 radical (unpaired) electrons. The molecule has 42 valence electrons. The van der Waals surface area contributed by atoms with Crippen molar-refractivity contribution in [3.05, 3.63) is 0 Å². The van der Waals surface area contributed by atoms with E-state index in [-0.39, 0.29) is 15.6 Å². The summed E-state index contributed by atoms with van der Waals surface area (Å²) in [4.78, 5) is 17.9. The van der Waals surface area contributed by atoms with Crippen molar-refractivity contribution in [2.45, 2.75) is 0 Å². The van der Waals surface area contributed by atoms with Gasteiger partial charge >= 0.3 is 10.1 Å². The second-order valence-electron chi connectivity index (χ2n) is 0.575. The summed E-state index contributed by atoms with van der Waals surface area (Å²) in [6.45, 7) is 0. The van der Waals surface area contributed by atoms with Gasteiger partial charge in [-0.1, -0.05) is 0 Å². The van der Waals surface area contributed by atoms with Gasteiger partial charge in [-0.3, -0.25) is 0 Å². The van der Waals surface area contributed by atoms with E-state index in [1.165, 1.54) is 0 Å². The monoisotopic (exact) mass is 115 g/mol. The Bertz CT molecular complexity index is 76.4. The molecule has 0 rings (SSSR count). The first-order chi connectivity index (χ1) is 2.64. The Kier molecular flexibility index (Phi) is 11.9. The van der Waals surface area contributed by atoms with Crippen LogP contribution in [-0.2, 0) is 9.59 Å². The average molecular weight is 115 g/mol. The summed E-state index contributed by atoms with van der Waals surface area (Å²) in [5, 5.41) is 17.9. The van der Waals surface area contributed by atoms with Gasteiger partial charge in [-0.2, -0.15) is 0 Å². The number of carbonyl (C=O) groups is 2. The zero-order valence-corrected chi connectivity index (χ0v) is 3.84. The van der Waals surface area contributed by atoms with Crippen LogP contribution in [0.3, 0.4) is 0 Å². The van der Waals surface area contributed by atoms with Crippen LogP contribution in [0.15, 0.2) is 0 Å². The first-order valence-corrected chi connectivity index (χ1v) is 1.07. The molecule has 0 amide bonds. The van der Waals surface area contributed by atoms with Crippen molar-refractivity contribution in [2.75, 3.05) is 0 Å². The molecule has 0 aromatic heterocycles. The van der Waals surface area contributed by atoms with Gasteiger partial charge in [0.25, 0.3) is 0 Å². The molecule has 5 nitrogen and oxygen atoms in total. The Balaban J connectivity index is -0.000000125. The molecular formula is C2H2BeO5. The molecule has 0 saturated heterocycles. The molecule has 0 aromatic rings. The molecule has 0 fully saturated rings. The normalized spacial score (nSPS) is 5.50. The van der Waals surface area contributed by atoms with E-state index in [0.29, 0.717) is 0 Å². The van der Waals surface area contributed by atoms with E-state index >= 15 is 0 Å². The summed E-state index contributed by atoms with van der Waals surface area (Å²) in [6, 6.07) is 0. The summed E-state index contributed by atoms with van der Waals surface area (Å²) >= 11 is 0. The second kappa shape index (κ2) is 6.07. The maximum absolute atomic E-state index is 8.93. The quantitative estimate of drug-likeness (QED) is 0.233. The Morgan fingerprint density at radius 2 is 1.12 bits per heavy atom. The van der Waals surface area contributed by atoms with Crippen LogP contribution in [0.5, 0.6) is 0 Å². The standard InChI is InChI=1S/C2H2O4.Be.H2O/c3-1(4)2(5)6;;/h(H,3,4)(H,5,6);;1H2/q;+2;/p-2. The number of rotatable bonds is 0. The van der Waals surface area contributed by atoms with E-state index in [9.17, 15) is 0 Å². The van der Waals surface area contributed by atoms with Crippen molar-refractivity contribution < 1.29 is 25.3 Å². The number of aliphatic carboxylic acids is 2. The van der Waals surface area contributed by atoms with E-state index in [4.69, 9.17) is 19.8 Å². The number of hydrogen-bond donors (Lipinski definition) is 0. The summed E-state index contributed by atoms with van der Waals surface area (Å²) in [5.41, 5.74) is 0. The molecule has 0 aromatic carbocycles. The molecule has 6 heteroatoms. The SMILES string of the molecule is O.O=C([O-])C(=O)[O-].[Be+2]. The van der Waals surface area contributed by atoms with Crippen molar-refractivity contribution in [1.82, 2.24) is 0 Å². The fourth-order valence-corrected chi connectivity index (χ4v) is 0. The van der Waals surface area contributed by atoms with Gasteiger partial charge in [-0.25, -0.2) is 0 Å². The van der Waals surface area contributed by atoms with E-state index in [1.54, 1.807) is 0 Å². The van der Waals surface area contributed by atoms with Gasteiger partial charge in [0, 0.05) is 0 Å². The minimum absolute atomic E-state index is 0. The van der Waals surface area contributed by atoms with Crippen molar-refractivity contribution in [2.24, 2.45) is 0 Å². The third-order valence-electron chi connectivity index (χ3n) is 0.167. The van der Waals surface area contributed by atoms with Crippen molar-refractivity contribution in [3.63, 3.8) is 0 Å². The largest absolute Gasteiger partial charge is 2.00 e. The first-order valence-electron chi connectivity index (χ1n) is 1.07. The topological polar surface area (TPSA) is 112 Å². The molecule has 0 aliphatic heterocycles. The zero-order chi connectivity index (χ0) is 5.15. The van der Waals surface area contributed by atoms with Crippen molar-refractivity contribution in [1.29, 1.82) is 0 Å². The van der Waals surface area contributed by atoms with Crippen LogP contribution in [0.25, 0.3) is 0 Å². The molecule has 0 aliphatic carbocycles. The maximum atomic E-state index is 8.93. The van der Waals surface area contributed by atoms with Gasteiger partial charge in [0.15, 0.2) is 0 Å². The fourth-order valence-electron chi connectivity index (χ4n) is 0. The first kappa shape index (κ1) is 15.7. The van der Waals surface area contributed by atoms with Crippen molar-refractivity contribution in [3.8, 4) is 0 Å². The van der Waals surface area contributed by atoms with E-state index in [0.717, 1.165) is 0 Å². The van der Waals surface area contributed by atoms with E-state index in [2.05, 4.69) is 0 Å². The number of carboxylic acids is 2. The molecule has 0 unspecified atom stereocenters. The third-order valence-corrected chi connectivity index (χ3v) is 0.167. The van der Waals surface area contributed by atoms with E-state index < -0.39 is 11.9 Å². The molecule has 8 heavy (non-hydrogen) atoms. The Labute approximate surface area is 48.5 Å². The molecule has 2 N–H and O–H groups in total. The van der Waals surface area contributed by atoms with Crippen LogP contribution in [-0.4, -0.2) is 27.5 Å². The minimum atomic E-state index is -2.19. The predicted molar refractivity (Wildman–Crippen MR) is 19.4 cm³/mol. The fraction of sp³-hybridized carbons (Fsp3) is 0. The summed E-state index contributed by atoms with van der Waals surface area (Å²) in [7, 11) is 0.